The highest BCUT2D eigenvalue weighted by atomic mass is 19.4. The molecule has 0 N–H and O–H groups in total. The van der Waals surface area contributed by atoms with Crippen LogP contribution in [0.15, 0.2) is 6.20 Å². The van der Waals surface area contributed by atoms with Gasteiger partial charge in [0.2, 0.25) is 0 Å². The average molecular weight is 256 g/mol. The Kier molecular flexibility index (Phi) is 3.30. The minimum absolute atomic E-state index is 0.192. The van der Waals surface area contributed by atoms with Crippen molar-refractivity contribution in [2.75, 3.05) is 0 Å². The van der Waals surface area contributed by atoms with E-state index < -0.39 is 40.0 Å². The fraction of sp³-hybridized carbons (Fsp3) is 0.375. The smallest absolute Gasteiger partial charge is 0.258 e. The van der Waals surface area contributed by atoms with Gasteiger partial charge >= 0.3 is 6.18 Å². The fourth-order valence-electron chi connectivity index (χ4n) is 1.32. The van der Waals surface area contributed by atoms with Crippen LogP contribution >= 0.6 is 0 Å². The topological polar surface area (TPSA) is 56.0 Å². The summed E-state index contributed by atoms with van der Waals surface area (Å²) in [6, 6.07) is 0. The fourth-order valence-corrected chi connectivity index (χ4v) is 1.32. The van der Waals surface area contributed by atoms with Crippen LogP contribution < -0.4 is 0 Å². The SMILES string of the molecule is Cc1c(C(F)(F)F)ncc([N+](=O)[O-])c1C(F)F. The Hall–Kier alpha value is -1.80. The van der Waals surface area contributed by atoms with Crippen LogP contribution in [0.4, 0.5) is 27.6 Å². The number of hydrogen-bond donors (Lipinski definition) is 0. The van der Waals surface area contributed by atoms with Crippen LogP contribution in [0.5, 0.6) is 0 Å². The zero-order valence-corrected chi connectivity index (χ0v) is 8.26. The van der Waals surface area contributed by atoms with Crippen LogP contribution in [0.2, 0.25) is 0 Å². The maximum Gasteiger partial charge on any atom is 0.433 e. The van der Waals surface area contributed by atoms with Crippen LogP contribution in [-0.2, 0) is 6.18 Å². The summed E-state index contributed by atoms with van der Waals surface area (Å²) in [6.07, 6.45) is -8.11. The molecule has 0 aliphatic heterocycles. The van der Waals surface area contributed by atoms with Crippen molar-refractivity contribution in [2.45, 2.75) is 19.5 Å². The molecule has 0 aromatic carbocycles. The van der Waals surface area contributed by atoms with Crippen molar-refractivity contribution in [3.63, 3.8) is 0 Å². The molecule has 0 amide bonds. The van der Waals surface area contributed by atoms with E-state index in [0.717, 1.165) is 6.92 Å². The molecule has 0 fully saturated rings. The summed E-state index contributed by atoms with van der Waals surface area (Å²) >= 11 is 0. The van der Waals surface area contributed by atoms with E-state index in [0.29, 0.717) is 0 Å². The highest BCUT2D eigenvalue weighted by Gasteiger charge is 2.38. The van der Waals surface area contributed by atoms with Gasteiger partial charge in [0.1, 0.15) is 17.5 Å². The molecular weight excluding hydrogens is 251 g/mol. The molecule has 0 radical (unpaired) electrons. The monoisotopic (exact) mass is 256 g/mol. The molecule has 0 spiro atoms. The Labute approximate surface area is 91.2 Å². The normalized spacial score (nSPS) is 11.9. The van der Waals surface area contributed by atoms with Crippen LogP contribution in [0, 0.1) is 17.0 Å². The summed E-state index contributed by atoms with van der Waals surface area (Å²) in [5.41, 5.74) is -4.84. The summed E-state index contributed by atoms with van der Waals surface area (Å²) in [4.78, 5) is 12.0. The Morgan fingerprint density at radius 2 is 1.94 bits per heavy atom. The van der Waals surface area contributed by atoms with Gasteiger partial charge in [0.25, 0.3) is 12.1 Å². The van der Waals surface area contributed by atoms with E-state index in [-0.39, 0.29) is 6.20 Å². The second-order valence-corrected chi connectivity index (χ2v) is 3.09. The number of aromatic nitrogens is 1. The van der Waals surface area contributed by atoms with Gasteiger partial charge in [0, 0.05) is 0 Å². The van der Waals surface area contributed by atoms with Crippen LogP contribution in [0.3, 0.4) is 0 Å². The molecule has 1 rings (SSSR count). The Bertz CT molecular complexity index is 458. The third-order valence-corrected chi connectivity index (χ3v) is 2.03. The highest BCUT2D eigenvalue weighted by Crippen LogP contribution is 2.38. The standard InChI is InChI=1S/C8H5F5N2O2/c1-3-5(7(9)10)4(15(16)17)2-14-6(3)8(11,12)13/h2,7H,1H3. The molecule has 17 heavy (non-hydrogen) atoms. The van der Waals surface area contributed by atoms with Crippen molar-refractivity contribution in [1.29, 1.82) is 0 Å². The summed E-state index contributed by atoms with van der Waals surface area (Å²) in [5, 5.41) is 10.4. The maximum atomic E-state index is 12.5. The van der Waals surface area contributed by atoms with Crippen LogP contribution in [0.25, 0.3) is 0 Å². The molecule has 0 aliphatic carbocycles. The Morgan fingerprint density at radius 3 is 2.29 bits per heavy atom. The predicted molar refractivity (Wildman–Crippen MR) is 45.6 cm³/mol. The lowest BCUT2D eigenvalue weighted by Crippen LogP contribution is -2.13. The van der Waals surface area contributed by atoms with Crippen molar-refractivity contribution in [3.05, 3.63) is 33.1 Å². The lowest BCUT2D eigenvalue weighted by atomic mass is 10.1. The second-order valence-electron chi connectivity index (χ2n) is 3.09. The van der Waals surface area contributed by atoms with Gasteiger partial charge in [0.15, 0.2) is 0 Å². The van der Waals surface area contributed by atoms with Crippen LogP contribution in [-0.4, -0.2) is 9.91 Å². The Morgan fingerprint density at radius 1 is 1.41 bits per heavy atom. The van der Waals surface area contributed by atoms with Gasteiger partial charge in [-0.25, -0.2) is 13.8 Å². The molecular formula is C8H5F5N2O2. The van der Waals surface area contributed by atoms with E-state index in [9.17, 15) is 32.1 Å². The van der Waals surface area contributed by atoms with E-state index in [1.807, 2.05) is 0 Å². The number of nitrogens with zero attached hydrogens (tertiary/aromatic N) is 2. The number of pyridine rings is 1. The van der Waals surface area contributed by atoms with Crippen molar-refractivity contribution in [1.82, 2.24) is 4.98 Å². The summed E-state index contributed by atoms with van der Waals surface area (Å²) < 4.78 is 62.1. The first-order chi connectivity index (χ1) is 7.66. The third kappa shape index (κ3) is 2.48. The molecule has 1 heterocycles. The quantitative estimate of drug-likeness (QED) is 0.463. The maximum absolute atomic E-state index is 12.5. The zero-order chi connectivity index (χ0) is 13.4. The molecule has 4 nitrogen and oxygen atoms in total. The van der Waals surface area contributed by atoms with Gasteiger partial charge < -0.3 is 0 Å². The number of nitro groups is 1. The lowest BCUT2D eigenvalue weighted by molar-refractivity contribution is -0.386. The van der Waals surface area contributed by atoms with E-state index in [4.69, 9.17) is 0 Å². The molecule has 0 bridgehead atoms. The molecule has 0 aliphatic rings. The number of hydrogen-bond acceptors (Lipinski definition) is 3. The number of halogens is 5. The molecule has 9 heteroatoms. The average Bonchev–Trinajstić information content (AvgIpc) is 2.13. The van der Waals surface area contributed by atoms with Crippen LogP contribution in [0.1, 0.15) is 23.2 Å². The van der Waals surface area contributed by atoms with Gasteiger partial charge in [-0.2, -0.15) is 13.2 Å². The van der Waals surface area contributed by atoms with Crippen molar-refractivity contribution in [2.24, 2.45) is 0 Å². The van der Waals surface area contributed by atoms with E-state index in [1.54, 1.807) is 0 Å². The first kappa shape index (κ1) is 13.3. The van der Waals surface area contributed by atoms with Crippen molar-refractivity contribution in [3.8, 4) is 0 Å². The van der Waals surface area contributed by atoms with Gasteiger partial charge in [-0.3, -0.25) is 10.1 Å². The van der Waals surface area contributed by atoms with E-state index in [2.05, 4.69) is 4.98 Å². The van der Waals surface area contributed by atoms with Crippen molar-refractivity contribution >= 4 is 5.69 Å². The summed E-state index contributed by atoms with van der Waals surface area (Å²) in [5.74, 6) is 0. The first-order valence-electron chi connectivity index (χ1n) is 4.15. The third-order valence-electron chi connectivity index (χ3n) is 2.03. The summed E-state index contributed by atoms with van der Waals surface area (Å²) in [6.45, 7) is 0.727. The molecule has 1 aromatic rings. The largest absolute Gasteiger partial charge is 0.433 e. The Balaban J connectivity index is 3.55. The highest BCUT2D eigenvalue weighted by molar-refractivity contribution is 5.46. The minimum Gasteiger partial charge on any atom is -0.258 e. The van der Waals surface area contributed by atoms with Gasteiger partial charge in [-0.1, -0.05) is 0 Å². The van der Waals surface area contributed by atoms with Crippen molar-refractivity contribution < 1.29 is 26.9 Å². The van der Waals surface area contributed by atoms with Gasteiger partial charge in [-0.15, -0.1) is 0 Å². The second kappa shape index (κ2) is 4.22. The molecule has 0 unspecified atom stereocenters. The first-order valence-corrected chi connectivity index (χ1v) is 4.15. The summed E-state index contributed by atoms with van der Waals surface area (Å²) in [7, 11) is 0. The minimum atomic E-state index is -4.93. The molecule has 0 saturated carbocycles. The molecule has 94 valence electrons. The zero-order valence-electron chi connectivity index (χ0n) is 8.26. The van der Waals surface area contributed by atoms with Gasteiger partial charge in [-0.05, 0) is 12.5 Å². The number of rotatable bonds is 2. The predicted octanol–water partition coefficient (Wildman–Crippen LogP) is 3.25. The number of alkyl halides is 5. The molecule has 1 aromatic heterocycles. The molecule has 0 atom stereocenters. The van der Waals surface area contributed by atoms with Gasteiger partial charge in [0.05, 0.1) is 4.92 Å². The lowest BCUT2D eigenvalue weighted by Gasteiger charge is -2.12. The molecule has 0 saturated heterocycles. The van der Waals surface area contributed by atoms with E-state index >= 15 is 0 Å². The van der Waals surface area contributed by atoms with E-state index in [1.165, 1.54) is 0 Å².